The summed E-state index contributed by atoms with van der Waals surface area (Å²) >= 11 is 0. The lowest BCUT2D eigenvalue weighted by Gasteiger charge is -2.16. The molecule has 5 heteroatoms. The third-order valence-electron chi connectivity index (χ3n) is 3.35. The van der Waals surface area contributed by atoms with Gasteiger partial charge in [0.25, 0.3) is 5.91 Å². The molecule has 0 fully saturated rings. The van der Waals surface area contributed by atoms with E-state index in [1.807, 2.05) is 12.1 Å². The Morgan fingerprint density at radius 2 is 1.89 bits per heavy atom. The highest BCUT2D eigenvalue weighted by Gasteiger charge is 2.16. The van der Waals surface area contributed by atoms with E-state index in [2.05, 4.69) is 5.32 Å². The number of aliphatic carboxylic acids is 1. The molecule has 3 N–H and O–H groups in total. The van der Waals surface area contributed by atoms with E-state index in [-0.39, 0.29) is 12.5 Å². The molecule has 0 spiro atoms. The van der Waals surface area contributed by atoms with Crippen LogP contribution in [0.25, 0.3) is 0 Å². The van der Waals surface area contributed by atoms with Crippen LogP contribution in [0, 0.1) is 0 Å². The summed E-state index contributed by atoms with van der Waals surface area (Å²) < 4.78 is 0. The van der Waals surface area contributed by atoms with Gasteiger partial charge in [-0.2, -0.15) is 0 Å². The SMILES string of the molecule is O=C(NCC(O)C(=O)O)c1ccc2c(c1)CCCC2. The number of rotatable bonds is 4. The molecule has 0 saturated heterocycles. The van der Waals surface area contributed by atoms with Crippen molar-refractivity contribution in [1.82, 2.24) is 5.32 Å². The molecule has 0 aliphatic heterocycles. The fraction of sp³-hybridized carbons (Fsp3) is 0.429. The van der Waals surface area contributed by atoms with Crippen molar-refractivity contribution in [3.05, 3.63) is 34.9 Å². The lowest BCUT2D eigenvalue weighted by molar-refractivity contribution is -0.146. The van der Waals surface area contributed by atoms with Gasteiger partial charge in [0.1, 0.15) is 0 Å². The largest absolute Gasteiger partial charge is 0.479 e. The monoisotopic (exact) mass is 263 g/mol. The molecule has 19 heavy (non-hydrogen) atoms. The van der Waals surface area contributed by atoms with Crippen LogP contribution in [0.2, 0.25) is 0 Å². The molecular formula is C14H17NO4. The second-order valence-electron chi connectivity index (χ2n) is 4.75. The highest BCUT2D eigenvalue weighted by Crippen LogP contribution is 2.22. The van der Waals surface area contributed by atoms with Crippen molar-refractivity contribution in [2.75, 3.05) is 6.54 Å². The van der Waals surface area contributed by atoms with Crippen LogP contribution in [-0.4, -0.2) is 34.7 Å². The summed E-state index contributed by atoms with van der Waals surface area (Å²) in [5.41, 5.74) is 2.99. The van der Waals surface area contributed by atoms with Crippen molar-refractivity contribution < 1.29 is 19.8 Å². The molecule has 2 rings (SSSR count). The second kappa shape index (κ2) is 5.84. The van der Waals surface area contributed by atoms with Gasteiger partial charge in [-0.3, -0.25) is 4.79 Å². The minimum absolute atomic E-state index is 0.286. The molecule has 0 heterocycles. The zero-order valence-electron chi connectivity index (χ0n) is 10.6. The number of carboxylic acids is 1. The number of hydrogen-bond acceptors (Lipinski definition) is 3. The number of hydrogen-bond donors (Lipinski definition) is 3. The maximum absolute atomic E-state index is 11.8. The molecule has 1 aromatic carbocycles. The zero-order valence-corrected chi connectivity index (χ0v) is 10.6. The number of aryl methyl sites for hydroxylation is 2. The lowest BCUT2D eigenvalue weighted by atomic mass is 9.90. The summed E-state index contributed by atoms with van der Waals surface area (Å²) in [5, 5.41) is 20.0. The Balaban J connectivity index is 2.01. The van der Waals surface area contributed by atoms with E-state index in [0.29, 0.717) is 5.56 Å². The van der Waals surface area contributed by atoms with Crippen LogP contribution in [0.5, 0.6) is 0 Å². The van der Waals surface area contributed by atoms with Crippen molar-refractivity contribution in [1.29, 1.82) is 0 Å². The van der Waals surface area contributed by atoms with Gasteiger partial charge in [-0.05, 0) is 48.9 Å². The molecule has 102 valence electrons. The molecule has 1 atom stereocenters. The first kappa shape index (κ1) is 13.5. The van der Waals surface area contributed by atoms with Crippen LogP contribution in [0.3, 0.4) is 0 Å². The first-order valence-corrected chi connectivity index (χ1v) is 6.39. The van der Waals surface area contributed by atoms with E-state index in [4.69, 9.17) is 10.2 Å². The molecule has 0 bridgehead atoms. The zero-order chi connectivity index (χ0) is 13.8. The predicted octanol–water partition coefficient (Wildman–Crippen LogP) is 0.741. The van der Waals surface area contributed by atoms with Gasteiger partial charge in [0.2, 0.25) is 0 Å². The molecule has 0 aromatic heterocycles. The number of carbonyl (C=O) groups is 2. The number of amides is 1. The summed E-state index contributed by atoms with van der Waals surface area (Å²) in [4.78, 5) is 22.3. The van der Waals surface area contributed by atoms with Crippen molar-refractivity contribution in [2.24, 2.45) is 0 Å². The van der Waals surface area contributed by atoms with Gasteiger partial charge >= 0.3 is 5.97 Å². The summed E-state index contributed by atoms with van der Waals surface area (Å²) in [6, 6.07) is 5.56. The fourth-order valence-electron chi connectivity index (χ4n) is 2.25. The molecule has 1 aliphatic rings. The van der Waals surface area contributed by atoms with Gasteiger partial charge in [0.05, 0.1) is 6.54 Å². The number of fused-ring (bicyclic) bond motifs is 1. The van der Waals surface area contributed by atoms with Crippen LogP contribution in [0.15, 0.2) is 18.2 Å². The Kier molecular flexibility index (Phi) is 4.16. The lowest BCUT2D eigenvalue weighted by Crippen LogP contribution is -2.36. The highest BCUT2D eigenvalue weighted by atomic mass is 16.4. The Morgan fingerprint density at radius 1 is 1.21 bits per heavy atom. The first-order chi connectivity index (χ1) is 9.08. The molecular weight excluding hydrogens is 246 g/mol. The number of aliphatic hydroxyl groups is 1. The van der Waals surface area contributed by atoms with Crippen molar-refractivity contribution in [2.45, 2.75) is 31.8 Å². The smallest absolute Gasteiger partial charge is 0.334 e. The van der Waals surface area contributed by atoms with Gasteiger partial charge in [-0.1, -0.05) is 6.07 Å². The Bertz CT molecular complexity index is 498. The Labute approximate surface area is 111 Å². The van der Waals surface area contributed by atoms with Gasteiger partial charge in [0, 0.05) is 5.56 Å². The van der Waals surface area contributed by atoms with Gasteiger partial charge < -0.3 is 15.5 Å². The van der Waals surface area contributed by atoms with E-state index in [0.717, 1.165) is 19.3 Å². The Hall–Kier alpha value is -1.88. The molecule has 0 saturated carbocycles. The number of carbonyl (C=O) groups excluding carboxylic acids is 1. The number of benzene rings is 1. The molecule has 5 nitrogen and oxygen atoms in total. The number of carboxylic acid groups (broad SMARTS) is 1. The summed E-state index contributed by atoms with van der Waals surface area (Å²) in [6.07, 6.45) is 2.78. The third-order valence-corrected chi connectivity index (χ3v) is 3.35. The average molecular weight is 263 g/mol. The number of aliphatic hydroxyl groups excluding tert-OH is 1. The minimum atomic E-state index is -1.57. The topological polar surface area (TPSA) is 86.6 Å². The summed E-state index contributed by atoms with van der Waals surface area (Å²) in [5.74, 6) is -1.69. The normalized spacial score (nSPS) is 15.4. The predicted molar refractivity (Wildman–Crippen MR) is 69.1 cm³/mol. The minimum Gasteiger partial charge on any atom is -0.479 e. The van der Waals surface area contributed by atoms with Crippen molar-refractivity contribution >= 4 is 11.9 Å². The van der Waals surface area contributed by atoms with Gasteiger partial charge in [0.15, 0.2) is 6.10 Å². The van der Waals surface area contributed by atoms with Crippen LogP contribution in [0.4, 0.5) is 0 Å². The van der Waals surface area contributed by atoms with Crippen LogP contribution >= 0.6 is 0 Å². The molecule has 1 aliphatic carbocycles. The van der Waals surface area contributed by atoms with Crippen LogP contribution in [-0.2, 0) is 17.6 Å². The molecule has 0 radical (unpaired) electrons. The Morgan fingerprint density at radius 3 is 2.58 bits per heavy atom. The summed E-state index contributed by atoms with van der Waals surface area (Å²) in [7, 11) is 0. The molecule has 1 aromatic rings. The van der Waals surface area contributed by atoms with E-state index in [9.17, 15) is 9.59 Å². The standard InChI is InChI=1S/C14H17NO4/c16-12(14(18)19)8-15-13(17)11-6-5-9-3-1-2-4-10(9)7-11/h5-7,12,16H,1-4,8H2,(H,15,17)(H,18,19). The number of nitrogens with one attached hydrogen (secondary N) is 1. The quantitative estimate of drug-likeness (QED) is 0.748. The van der Waals surface area contributed by atoms with Crippen molar-refractivity contribution in [3.8, 4) is 0 Å². The van der Waals surface area contributed by atoms with E-state index in [1.54, 1.807) is 6.07 Å². The fourth-order valence-corrected chi connectivity index (χ4v) is 2.25. The highest BCUT2D eigenvalue weighted by molar-refractivity contribution is 5.94. The molecule has 1 unspecified atom stereocenters. The maximum atomic E-state index is 11.8. The van der Waals surface area contributed by atoms with E-state index >= 15 is 0 Å². The van der Waals surface area contributed by atoms with Gasteiger partial charge in [-0.15, -0.1) is 0 Å². The van der Waals surface area contributed by atoms with Crippen molar-refractivity contribution in [3.63, 3.8) is 0 Å². The second-order valence-corrected chi connectivity index (χ2v) is 4.75. The van der Waals surface area contributed by atoms with Gasteiger partial charge in [-0.25, -0.2) is 4.79 Å². The first-order valence-electron chi connectivity index (χ1n) is 6.39. The third kappa shape index (κ3) is 3.32. The van der Waals surface area contributed by atoms with E-state index in [1.165, 1.54) is 17.5 Å². The van der Waals surface area contributed by atoms with E-state index < -0.39 is 12.1 Å². The average Bonchev–Trinajstić information content (AvgIpc) is 2.43. The van der Waals surface area contributed by atoms with Crippen LogP contribution in [0.1, 0.15) is 34.3 Å². The summed E-state index contributed by atoms with van der Waals surface area (Å²) in [6.45, 7) is -0.286. The van der Waals surface area contributed by atoms with Crippen LogP contribution < -0.4 is 5.32 Å². The molecule has 1 amide bonds. The maximum Gasteiger partial charge on any atom is 0.334 e.